The van der Waals surface area contributed by atoms with Crippen LogP contribution in [0.5, 0.6) is 5.75 Å². The Hall–Kier alpha value is -1.35. The Labute approximate surface area is 160 Å². The fourth-order valence-corrected chi connectivity index (χ4v) is 4.04. The Kier molecular flexibility index (Phi) is 6.90. The van der Waals surface area contributed by atoms with Crippen molar-refractivity contribution in [3.63, 3.8) is 0 Å². The molecule has 146 valence electrons. The first-order valence-electron chi connectivity index (χ1n) is 8.47. The topological polar surface area (TPSA) is 87.7 Å². The predicted octanol–water partition coefficient (Wildman–Crippen LogP) is 2.00. The van der Waals surface area contributed by atoms with Crippen LogP contribution in [0.15, 0.2) is 12.1 Å². The minimum atomic E-state index is -3.21. The summed E-state index contributed by atoms with van der Waals surface area (Å²) >= 11 is 6.10. The van der Waals surface area contributed by atoms with Crippen LogP contribution < -0.4 is 14.8 Å². The highest BCUT2D eigenvalue weighted by molar-refractivity contribution is 7.88. The van der Waals surface area contributed by atoms with Gasteiger partial charge in [0, 0.05) is 30.2 Å². The molecule has 0 unspecified atom stereocenters. The summed E-state index contributed by atoms with van der Waals surface area (Å²) in [6, 6.07) is 3.05. The second kappa shape index (κ2) is 8.56. The summed E-state index contributed by atoms with van der Waals surface area (Å²) in [7, 11) is -1.68. The molecule has 26 heavy (non-hydrogen) atoms. The van der Waals surface area contributed by atoms with Crippen LogP contribution in [0.25, 0.3) is 0 Å². The van der Waals surface area contributed by atoms with Crippen LogP contribution in [0, 0.1) is 6.92 Å². The van der Waals surface area contributed by atoms with Gasteiger partial charge in [-0.05, 0) is 38.3 Å². The molecule has 2 N–H and O–H groups in total. The van der Waals surface area contributed by atoms with Crippen molar-refractivity contribution in [2.75, 3.05) is 31.8 Å². The third kappa shape index (κ3) is 5.57. The molecule has 0 bridgehead atoms. The lowest BCUT2D eigenvalue weighted by molar-refractivity contribution is -0.121. The number of anilines is 1. The molecule has 1 atom stereocenters. The van der Waals surface area contributed by atoms with Crippen molar-refractivity contribution in [3.8, 4) is 5.75 Å². The zero-order chi connectivity index (χ0) is 19.5. The SMILES string of the molecule is COc1cc(Cl)c(C)cc1NC(=O)[C@H](C)N1CCC(NS(C)(=O)=O)CC1. The highest BCUT2D eigenvalue weighted by atomic mass is 35.5. The van der Waals surface area contributed by atoms with Gasteiger partial charge in [0.05, 0.1) is 25.1 Å². The molecule has 0 aromatic heterocycles. The predicted molar refractivity (Wildman–Crippen MR) is 103 cm³/mol. The standard InChI is InChI=1S/C17H26ClN3O4S/c1-11-9-15(16(25-3)10-14(11)18)19-17(22)12(2)21-7-5-13(6-8-21)20-26(4,23)24/h9-10,12-13,20H,5-8H2,1-4H3,(H,19,22)/t12-/m0/s1. The summed E-state index contributed by atoms with van der Waals surface area (Å²) in [6.07, 6.45) is 2.51. The summed E-state index contributed by atoms with van der Waals surface area (Å²) < 4.78 is 30.6. The number of carbonyl (C=O) groups is 1. The number of piperidine rings is 1. The van der Waals surface area contributed by atoms with E-state index in [9.17, 15) is 13.2 Å². The van der Waals surface area contributed by atoms with E-state index in [1.54, 1.807) is 12.1 Å². The number of rotatable bonds is 6. The quantitative estimate of drug-likeness (QED) is 0.758. The van der Waals surface area contributed by atoms with Gasteiger partial charge >= 0.3 is 0 Å². The van der Waals surface area contributed by atoms with Gasteiger partial charge in [0.2, 0.25) is 15.9 Å². The zero-order valence-corrected chi connectivity index (χ0v) is 17.1. The van der Waals surface area contributed by atoms with E-state index in [-0.39, 0.29) is 18.0 Å². The van der Waals surface area contributed by atoms with Gasteiger partial charge in [-0.15, -0.1) is 0 Å². The lowest BCUT2D eigenvalue weighted by Gasteiger charge is -2.35. The average molecular weight is 404 g/mol. The molecule has 0 spiro atoms. The Morgan fingerprint density at radius 2 is 1.96 bits per heavy atom. The molecule has 1 heterocycles. The fourth-order valence-electron chi connectivity index (χ4n) is 3.04. The molecule has 0 saturated carbocycles. The first kappa shape index (κ1) is 21.0. The largest absolute Gasteiger partial charge is 0.495 e. The van der Waals surface area contributed by atoms with Crippen LogP contribution in [-0.2, 0) is 14.8 Å². The molecule has 7 nitrogen and oxygen atoms in total. The Morgan fingerprint density at radius 3 is 2.50 bits per heavy atom. The van der Waals surface area contributed by atoms with Crippen molar-refractivity contribution in [2.24, 2.45) is 0 Å². The highest BCUT2D eigenvalue weighted by Gasteiger charge is 2.28. The smallest absolute Gasteiger partial charge is 0.241 e. The third-order valence-electron chi connectivity index (χ3n) is 4.58. The number of likely N-dealkylation sites (tertiary alicyclic amines) is 1. The van der Waals surface area contributed by atoms with Gasteiger partial charge in [0.25, 0.3) is 0 Å². The number of aryl methyl sites for hydroxylation is 1. The maximum atomic E-state index is 12.6. The van der Waals surface area contributed by atoms with Gasteiger partial charge in [0.15, 0.2) is 0 Å². The second-order valence-electron chi connectivity index (χ2n) is 6.67. The van der Waals surface area contributed by atoms with Crippen LogP contribution in [-0.4, -0.2) is 57.8 Å². The highest BCUT2D eigenvalue weighted by Crippen LogP contribution is 2.31. The molecule has 1 aliphatic rings. The first-order valence-corrected chi connectivity index (χ1v) is 10.7. The summed E-state index contributed by atoms with van der Waals surface area (Å²) in [4.78, 5) is 14.7. The minimum absolute atomic E-state index is 0.0736. The van der Waals surface area contributed by atoms with Crippen LogP contribution >= 0.6 is 11.6 Å². The molecule has 1 aromatic rings. The summed E-state index contributed by atoms with van der Waals surface area (Å²) in [5.41, 5.74) is 1.43. The summed E-state index contributed by atoms with van der Waals surface area (Å²) in [5.74, 6) is 0.372. The summed E-state index contributed by atoms with van der Waals surface area (Å²) in [6.45, 7) is 5.01. The van der Waals surface area contributed by atoms with Crippen LogP contribution in [0.2, 0.25) is 5.02 Å². The molecule has 1 fully saturated rings. The number of sulfonamides is 1. The van der Waals surface area contributed by atoms with Gasteiger partial charge in [-0.25, -0.2) is 13.1 Å². The van der Waals surface area contributed by atoms with Gasteiger partial charge < -0.3 is 10.1 Å². The lowest BCUT2D eigenvalue weighted by atomic mass is 10.0. The molecule has 9 heteroatoms. The minimum Gasteiger partial charge on any atom is -0.495 e. The second-order valence-corrected chi connectivity index (χ2v) is 8.85. The monoisotopic (exact) mass is 403 g/mol. The number of ether oxygens (including phenoxy) is 1. The molecule has 1 saturated heterocycles. The van der Waals surface area contributed by atoms with E-state index >= 15 is 0 Å². The van der Waals surface area contributed by atoms with Crippen LogP contribution in [0.4, 0.5) is 5.69 Å². The van der Waals surface area contributed by atoms with E-state index in [2.05, 4.69) is 10.0 Å². The van der Waals surface area contributed by atoms with E-state index in [1.165, 1.54) is 7.11 Å². The van der Waals surface area contributed by atoms with Crippen molar-refractivity contribution in [1.82, 2.24) is 9.62 Å². The van der Waals surface area contributed by atoms with E-state index in [4.69, 9.17) is 16.3 Å². The van der Waals surface area contributed by atoms with Crippen LogP contribution in [0.1, 0.15) is 25.3 Å². The zero-order valence-electron chi connectivity index (χ0n) is 15.5. The Bertz CT molecular complexity index is 762. The first-order chi connectivity index (χ1) is 12.1. The molecule has 0 radical (unpaired) electrons. The molecule has 1 aromatic carbocycles. The average Bonchev–Trinajstić information content (AvgIpc) is 2.56. The molecule has 0 aliphatic carbocycles. The van der Waals surface area contributed by atoms with Gasteiger partial charge in [0.1, 0.15) is 5.75 Å². The van der Waals surface area contributed by atoms with Crippen molar-refractivity contribution < 1.29 is 17.9 Å². The summed E-state index contributed by atoms with van der Waals surface area (Å²) in [5, 5.41) is 3.48. The van der Waals surface area contributed by atoms with E-state index in [0.717, 1.165) is 11.8 Å². The number of hydrogen-bond acceptors (Lipinski definition) is 5. The van der Waals surface area contributed by atoms with E-state index in [0.29, 0.717) is 42.4 Å². The fraction of sp³-hybridized carbons (Fsp3) is 0.588. The van der Waals surface area contributed by atoms with Crippen molar-refractivity contribution in [3.05, 3.63) is 22.7 Å². The lowest BCUT2D eigenvalue weighted by Crippen LogP contribution is -2.50. The number of amides is 1. The molecule has 2 rings (SSSR count). The molecule has 1 amide bonds. The molecular weight excluding hydrogens is 378 g/mol. The number of halogens is 1. The van der Waals surface area contributed by atoms with Crippen molar-refractivity contribution >= 4 is 33.2 Å². The van der Waals surface area contributed by atoms with Gasteiger partial charge in [-0.1, -0.05) is 11.6 Å². The number of carbonyl (C=O) groups excluding carboxylic acids is 1. The molecule has 1 aliphatic heterocycles. The number of nitrogens with one attached hydrogen (secondary N) is 2. The van der Waals surface area contributed by atoms with E-state index < -0.39 is 10.0 Å². The maximum absolute atomic E-state index is 12.6. The van der Waals surface area contributed by atoms with Crippen molar-refractivity contribution in [1.29, 1.82) is 0 Å². The Balaban J connectivity index is 1.98. The number of methoxy groups -OCH3 is 1. The number of nitrogens with zero attached hydrogens (tertiary/aromatic N) is 1. The maximum Gasteiger partial charge on any atom is 0.241 e. The van der Waals surface area contributed by atoms with Crippen LogP contribution in [0.3, 0.4) is 0 Å². The Morgan fingerprint density at radius 1 is 1.35 bits per heavy atom. The van der Waals surface area contributed by atoms with Crippen molar-refractivity contribution in [2.45, 2.75) is 38.8 Å². The van der Waals surface area contributed by atoms with E-state index in [1.807, 2.05) is 18.7 Å². The normalized spacial score (nSPS) is 17.7. The molecular formula is C17H26ClN3O4S. The number of benzene rings is 1. The third-order valence-corrected chi connectivity index (χ3v) is 5.74. The van der Waals surface area contributed by atoms with Gasteiger partial charge in [-0.2, -0.15) is 0 Å². The van der Waals surface area contributed by atoms with Gasteiger partial charge in [-0.3, -0.25) is 9.69 Å². The number of hydrogen-bond donors (Lipinski definition) is 2.